The van der Waals surface area contributed by atoms with E-state index in [0.717, 1.165) is 17.8 Å². The Morgan fingerprint density at radius 2 is 2.18 bits per heavy atom. The van der Waals surface area contributed by atoms with Gasteiger partial charge in [-0.15, -0.1) is 0 Å². The molecular formula is C14H22N2O. The molecule has 2 N–H and O–H groups in total. The topological polar surface area (TPSA) is 35.5 Å². The standard InChI is InChI=1S/C14H22N2O/c1-10(2)16-7-6-13(9-16)15-12-4-5-14(17)11(3)8-12/h4-5,8,10,13,15,17H,6-7,9H2,1-3H3. The minimum Gasteiger partial charge on any atom is -0.508 e. The molecule has 3 nitrogen and oxygen atoms in total. The van der Waals surface area contributed by atoms with E-state index in [2.05, 4.69) is 24.1 Å². The predicted octanol–water partition coefficient (Wildman–Crippen LogP) is 2.60. The van der Waals surface area contributed by atoms with Crippen molar-refractivity contribution in [1.82, 2.24) is 4.90 Å². The van der Waals surface area contributed by atoms with Crippen LogP contribution in [0.5, 0.6) is 5.75 Å². The SMILES string of the molecule is Cc1cc(NC2CCN(C(C)C)C2)ccc1O. The second-order valence-electron chi connectivity index (χ2n) is 5.22. The molecule has 1 atom stereocenters. The minimum absolute atomic E-state index is 0.366. The molecule has 0 radical (unpaired) electrons. The summed E-state index contributed by atoms with van der Waals surface area (Å²) >= 11 is 0. The molecule has 0 spiro atoms. The van der Waals surface area contributed by atoms with Crippen LogP contribution in [0.3, 0.4) is 0 Å². The lowest BCUT2D eigenvalue weighted by Gasteiger charge is -2.21. The van der Waals surface area contributed by atoms with E-state index in [9.17, 15) is 5.11 Å². The van der Waals surface area contributed by atoms with Crippen LogP contribution in [0.25, 0.3) is 0 Å². The first-order valence-corrected chi connectivity index (χ1v) is 6.36. The fourth-order valence-electron chi connectivity index (χ4n) is 2.36. The summed E-state index contributed by atoms with van der Waals surface area (Å²) in [6.45, 7) is 8.69. The second-order valence-corrected chi connectivity index (χ2v) is 5.22. The van der Waals surface area contributed by atoms with E-state index in [4.69, 9.17) is 0 Å². The number of rotatable bonds is 3. The number of nitrogens with zero attached hydrogens (tertiary/aromatic N) is 1. The lowest BCUT2D eigenvalue weighted by atomic mass is 10.2. The molecule has 17 heavy (non-hydrogen) atoms. The second kappa shape index (κ2) is 4.96. The van der Waals surface area contributed by atoms with Crippen molar-refractivity contribution in [3.05, 3.63) is 23.8 Å². The molecule has 0 saturated carbocycles. The Bertz CT molecular complexity index is 390. The first-order chi connectivity index (χ1) is 8.06. The highest BCUT2D eigenvalue weighted by Gasteiger charge is 2.23. The molecule has 1 aliphatic heterocycles. The molecule has 1 fully saturated rings. The molecule has 1 aromatic rings. The van der Waals surface area contributed by atoms with Gasteiger partial charge < -0.3 is 10.4 Å². The molecule has 1 heterocycles. The van der Waals surface area contributed by atoms with Gasteiger partial charge in [-0.2, -0.15) is 0 Å². The highest BCUT2D eigenvalue weighted by atomic mass is 16.3. The van der Waals surface area contributed by atoms with Crippen LogP contribution in [-0.4, -0.2) is 35.2 Å². The first kappa shape index (κ1) is 12.2. The summed E-state index contributed by atoms with van der Waals surface area (Å²) in [4.78, 5) is 2.49. The molecule has 2 rings (SSSR count). The van der Waals surface area contributed by atoms with Crippen molar-refractivity contribution in [3.63, 3.8) is 0 Å². The van der Waals surface area contributed by atoms with E-state index in [1.165, 1.54) is 13.0 Å². The molecule has 0 amide bonds. The van der Waals surface area contributed by atoms with E-state index in [0.29, 0.717) is 17.8 Å². The zero-order chi connectivity index (χ0) is 12.4. The Balaban J connectivity index is 1.96. The van der Waals surface area contributed by atoms with Gasteiger partial charge in [0, 0.05) is 30.9 Å². The molecule has 0 aromatic heterocycles. The fourth-order valence-corrected chi connectivity index (χ4v) is 2.36. The number of aryl methyl sites for hydroxylation is 1. The zero-order valence-electron chi connectivity index (χ0n) is 10.9. The summed E-state index contributed by atoms with van der Waals surface area (Å²) in [7, 11) is 0. The Labute approximate surface area is 103 Å². The van der Waals surface area contributed by atoms with Crippen LogP contribution in [0.4, 0.5) is 5.69 Å². The summed E-state index contributed by atoms with van der Waals surface area (Å²) < 4.78 is 0. The van der Waals surface area contributed by atoms with Crippen molar-refractivity contribution >= 4 is 5.69 Å². The Hall–Kier alpha value is -1.22. The van der Waals surface area contributed by atoms with Crippen LogP contribution in [-0.2, 0) is 0 Å². The van der Waals surface area contributed by atoms with Crippen molar-refractivity contribution in [2.45, 2.75) is 39.3 Å². The highest BCUT2D eigenvalue weighted by Crippen LogP contribution is 2.22. The molecule has 3 heteroatoms. The Morgan fingerprint density at radius 1 is 1.41 bits per heavy atom. The van der Waals surface area contributed by atoms with Crippen LogP contribution >= 0.6 is 0 Å². The van der Waals surface area contributed by atoms with Crippen LogP contribution in [0, 0.1) is 6.92 Å². The van der Waals surface area contributed by atoms with Crippen molar-refractivity contribution in [3.8, 4) is 5.75 Å². The van der Waals surface area contributed by atoms with Gasteiger partial charge in [0.25, 0.3) is 0 Å². The third-order valence-electron chi connectivity index (χ3n) is 3.52. The lowest BCUT2D eigenvalue weighted by molar-refractivity contribution is 0.274. The number of nitrogens with one attached hydrogen (secondary N) is 1. The average Bonchev–Trinajstić information content (AvgIpc) is 2.72. The smallest absolute Gasteiger partial charge is 0.118 e. The number of phenols is 1. The summed E-state index contributed by atoms with van der Waals surface area (Å²) in [6, 6.07) is 6.87. The monoisotopic (exact) mass is 234 g/mol. The molecule has 1 aliphatic rings. The third-order valence-corrected chi connectivity index (χ3v) is 3.52. The Kier molecular flexibility index (Phi) is 3.57. The van der Waals surface area contributed by atoms with E-state index in [1.54, 1.807) is 6.07 Å². The van der Waals surface area contributed by atoms with Gasteiger partial charge in [-0.1, -0.05) is 0 Å². The molecular weight excluding hydrogens is 212 g/mol. The van der Waals surface area contributed by atoms with Crippen LogP contribution < -0.4 is 5.32 Å². The van der Waals surface area contributed by atoms with Gasteiger partial charge in [-0.3, -0.25) is 4.90 Å². The molecule has 0 bridgehead atoms. The van der Waals surface area contributed by atoms with E-state index in [-0.39, 0.29) is 0 Å². The number of aromatic hydroxyl groups is 1. The quantitative estimate of drug-likeness (QED) is 0.789. The number of hydrogen-bond donors (Lipinski definition) is 2. The molecule has 94 valence electrons. The van der Waals surface area contributed by atoms with Crippen molar-refractivity contribution in [2.75, 3.05) is 18.4 Å². The maximum Gasteiger partial charge on any atom is 0.118 e. The van der Waals surface area contributed by atoms with Crippen LogP contribution in [0.1, 0.15) is 25.8 Å². The van der Waals surface area contributed by atoms with Crippen LogP contribution in [0.2, 0.25) is 0 Å². The maximum atomic E-state index is 9.48. The van der Waals surface area contributed by atoms with Gasteiger partial charge in [0.2, 0.25) is 0 Å². The van der Waals surface area contributed by atoms with Gasteiger partial charge in [-0.05, 0) is 51.0 Å². The average molecular weight is 234 g/mol. The van der Waals surface area contributed by atoms with Crippen molar-refractivity contribution in [2.24, 2.45) is 0 Å². The largest absolute Gasteiger partial charge is 0.508 e. The molecule has 1 unspecified atom stereocenters. The maximum absolute atomic E-state index is 9.48. The normalized spacial score (nSPS) is 21.1. The van der Waals surface area contributed by atoms with Crippen LogP contribution in [0.15, 0.2) is 18.2 Å². The predicted molar refractivity (Wildman–Crippen MR) is 71.6 cm³/mol. The summed E-state index contributed by atoms with van der Waals surface area (Å²) in [6.07, 6.45) is 1.19. The number of hydrogen-bond acceptors (Lipinski definition) is 3. The molecule has 1 saturated heterocycles. The number of phenolic OH excluding ortho intramolecular Hbond substituents is 1. The summed E-state index contributed by atoms with van der Waals surface area (Å²) in [5.74, 6) is 0.366. The first-order valence-electron chi connectivity index (χ1n) is 6.36. The van der Waals surface area contributed by atoms with Gasteiger partial charge >= 0.3 is 0 Å². The van der Waals surface area contributed by atoms with Crippen molar-refractivity contribution < 1.29 is 5.11 Å². The van der Waals surface area contributed by atoms with E-state index < -0.39 is 0 Å². The highest BCUT2D eigenvalue weighted by molar-refractivity contribution is 5.51. The number of likely N-dealkylation sites (tertiary alicyclic amines) is 1. The fraction of sp³-hybridized carbons (Fsp3) is 0.571. The third kappa shape index (κ3) is 2.91. The van der Waals surface area contributed by atoms with Gasteiger partial charge in [0.1, 0.15) is 5.75 Å². The zero-order valence-corrected chi connectivity index (χ0v) is 10.9. The Morgan fingerprint density at radius 3 is 2.76 bits per heavy atom. The number of anilines is 1. The molecule has 1 aromatic carbocycles. The van der Waals surface area contributed by atoms with E-state index >= 15 is 0 Å². The minimum atomic E-state index is 0.366. The summed E-state index contributed by atoms with van der Waals surface area (Å²) in [5, 5.41) is 13.0. The van der Waals surface area contributed by atoms with Gasteiger partial charge in [0.15, 0.2) is 0 Å². The lowest BCUT2D eigenvalue weighted by Crippen LogP contribution is -2.31. The van der Waals surface area contributed by atoms with Gasteiger partial charge in [-0.25, -0.2) is 0 Å². The van der Waals surface area contributed by atoms with E-state index in [1.807, 2.05) is 19.1 Å². The van der Waals surface area contributed by atoms with Gasteiger partial charge in [0.05, 0.1) is 0 Å². The molecule has 0 aliphatic carbocycles. The number of benzene rings is 1. The summed E-state index contributed by atoms with van der Waals surface area (Å²) in [5.41, 5.74) is 2.03. The van der Waals surface area contributed by atoms with Crippen molar-refractivity contribution in [1.29, 1.82) is 0 Å².